The molecule has 1 amide bonds. The van der Waals surface area contributed by atoms with Crippen LogP contribution in [0.5, 0.6) is 0 Å². The highest BCUT2D eigenvalue weighted by Crippen LogP contribution is 2.17. The molecule has 0 radical (unpaired) electrons. The van der Waals surface area contributed by atoms with Gasteiger partial charge in [-0.25, -0.2) is 0 Å². The number of hydrogen-bond acceptors (Lipinski definition) is 2. The van der Waals surface area contributed by atoms with Crippen LogP contribution in [0.2, 0.25) is 0 Å². The number of carbonyl (C=O) groups is 1. The van der Waals surface area contributed by atoms with Gasteiger partial charge in [0.2, 0.25) is 5.91 Å². The van der Waals surface area contributed by atoms with Gasteiger partial charge in [0.05, 0.1) is 0 Å². The van der Waals surface area contributed by atoms with E-state index in [1.165, 1.54) is 19.3 Å². The summed E-state index contributed by atoms with van der Waals surface area (Å²) in [6.07, 6.45) is 7.61. The number of aliphatic imine (C=N–C) groups is 1. The Kier molecular flexibility index (Phi) is 11.8. The number of halogens is 1. The van der Waals surface area contributed by atoms with Crippen LogP contribution in [0.1, 0.15) is 58.8 Å². The van der Waals surface area contributed by atoms with Gasteiger partial charge in [-0.05, 0) is 26.2 Å². The van der Waals surface area contributed by atoms with Crippen LogP contribution in [-0.2, 0) is 4.79 Å². The molecule has 1 aliphatic carbocycles. The number of nitrogens with zero attached hydrogens (tertiary/aromatic N) is 1. The molecule has 1 saturated carbocycles. The van der Waals surface area contributed by atoms with Crippen molar-refractivity contribution in [3.63, 3.8) is 0 Å². The molecule has 1 rings (SSSR count). The molecule has 1 atom stereocenters. The van der Waals surface area contributed by atoms with Crippen molar-refractivity contribution in [3.8, 4) is 0 Å². The van der Waals surface area contributed by atoms with E-state index in [1.54, 1.807) is 7.05 Å². The van der Waals surface area contributed by atoms with Crippen LogP contribution in [-0.4, -0.2) is 37.5 Å². The second-order valence-corrected chi connectivity index (χ2v) is 5.61. The third-order valence-electron chi connectivity index (χ3n) is 3.83. The Bertz CT molecular complexity index is 317. The fourth-order valence-corrected chi connectivity index (χ4v) is 2.37. The van der Waals surface area contributed by atoms with Gasteiger partial charge in [0.25, 0.3) is 0 Å². The van der Waals surface area contributed by atoms with Gasteiger partial charge in [-0.3, -0.25) is 9.79 Å². The van der Waals surface area contributed by atoms with Crippen molar-refractivity contribution in [2.24, 2.45) is 4.99 Å². The van der Waals surface area contributed by atoms with Crippen LogP contribution in [0.3, 0.4) is 0 Å². The lowest BCUT2D eigenvalue weighted by Gasteiger charge is -2.23. The summed E-state index contributed by atoms with van der Waals surface area (Å²) in [5.41, 5.74) is 0. The van der Waals surface area contributed by atoms with Crippen LogP contribution in [0.25, 0.3) is 0 Å². The van der Waals surface area contributed by atoms with Crippen molar-refractivity contribution in [1.82, 2.24) is 16.0 Å². The van der Waals surface area contributed by atoms with Crippen LogP contribution < -0.4 is 16.0 Å². The standard InChI is InChI=1S/C15H30N4O.HI/c1-4-12(2)18-15(16-3)17-11-10-14(20)19-13-8-6-5-7-9-13;/h12-13H,4-11H2,1-3H3,(H,19,20)(H2,16,17,18);1H. The van der Waals surface area contributed by atoms with Gasteiger partial charge in [-0.1, -0.05) is 26.2 Å². The Hall–Kier alpha value is -0.530. The minimum absolute atomic E-state index is 0. The first-order valence-electron chi connectivity index (χ1n) is 7.92. The molecule has 0 aromatic carbocycles. The zero-order chi connectivity index (χ0) is 14.8. The van der Waals surface area contributed by atoms with Gasteiger partial charge in [0.1, 0.15) is 0 Å². The molecule has 1 fully saturated rings. The molecule has 1 aliphatic rings. The number of carbonyl (C=O) groups excluding carboxylic acids is 1. The maximum atomic E-state index is 11.8. The highest BCUT2D eigenvalue weighted by molar-refractivity contribution is 14.0. The van der Waals surface area contributed by atoms with E-state index in [4.69, 9.17) is 0 Å². The van der Waals surface area contributed by atoms with Crippen molar-refractivity contribution < 1.29 is 4.79 Å². The fraction of sp³-hybridized carbons (Fsp3) is 0.867. The average molecular weight is 410 g/mol. The van der Waals surface area contributed by atoms with E-state index in [9.17, 15) is 4.79 Å². The molecule has 0 aromatic heterocycles. The van der Waals surface area contributed by atoms with Gasteiger partial charge in [0, 0.05) is 32.1 Å². The molecule has 0 aromatic rings. The zero-order valence-electron chi connectivity index (χ0n) is 13.6. The van der Waals surface area contributed by atoms with E-state index < -0.39 is 0 Å². The summed E-state index contributed by atoms with van der Waals surface area (Å²) in [5, 5.41) is 9.58. The van der Waals surface area contributed by atoms with Gasteiger partial charge in [-0.15, -0.1) is 24.0 Å². The quantitative estimate of drug-likeness (QED) is 0.358. The Morgan fingerprint density at radius 2 is 1.95 bits per heavy atom. The average Bonchev–Trinajstić information content (AvgIpc) is 2.47. The molecule has 6 heteroatoms. The van der Waals surface area contributed by atoms with Gasteiger partial charge in [0.15, 0.2) is 5.96 Å². The normalized spacial score (nSPS) is 17.6. The number of rotatable bonds is 6. The van der Waals surface area contributed by atoms with E-state index in [1.807, 2.05) is 0 Å². The Morgan fingerprint density at radius 3 is 2.52 bits per heavy atom. The zero-order valence-corrected chi connectivity index (χ0v) is 15.9. The van der Waals surface area contributed by atoms with Crippen molar-refractivity contribution in [1.29, 1.82) is 0 Å². The van der Waals surface area contributed by atoms with Gasteiger partial charge >= 0.3 is 0 Å². The van der Waals surface area contributed by atoms with Crippen molar-refractivity contribution in [3.05, 3.63) is 0 Å². The van der Waals surface area contributed by atoms with Crippen LogP contribution in [0, 0.1) is 0 Å². The topological polar surface area (TPSA) is 65.5 Å². The van der Waals surface area contributed by atoms with Crippen LogP contribution >= 0.6 is 24.0 Å². The summed E-state index contributed by atoms with van der Waals surface area (Å²) in [5.74, 6) is 0.910. The maximum Gasteiger partial charge on any atom is 0.221 e. The summed E-state index contributed by atoms with van der Waals surface area (Å²) in [7, 11) is 1.75. The highest BCUT2D eigenvalue weighted by atomic mass is 127. The smallest absolute Gasteiger partial charge is 0.221 e. The molecule has 1 unspecified atom stereocenters. The molecule has 0 bridgehead atoms. The second-order valence-electron chi connectivity index (χ2n) is 5.61. The first kappa shape index (κ1) is 20.5. The predicted octanol–water partition coefficient (Wildman–Crippen LogP) is 2.41. The maximum absolute atomic E-state index is 11.8. The Labute approximate surface area is 146 Å². The third kappa shape index (κ3) is 9.16. The Balaban J connectivity index is 0.00000400. The lowest BCUT2D eigenvalue weighted by atomic mass is 9.95. The van der Waals surface area contributed by atoms with E-state index in [0.29, 0.717) is 25.0 Å². The molecule has 0 aliphatic heterocycles. The summed E-state index contributed by atoms with van der Waals surface area (Å²) in [6, 6.07) is 0.783. The minimum atomic E-state index is 0. The number of guanidine groups is 1. The third-order valence-corrected chi connectivity index (χ3v) is 3.83. The van der Waals surface area contributed by atoms with Gasteiger partial charge in [-0.2, -0.15) is 0 Å². The Morgan fingerprint density at radius 1 is 1.29 bits per heavy atom. The largest absolute Gasteiger partial charge is 0.356 e. The van der Waals surface area contributed by atoms with Gasteiger partial charge < -0.3 is 16.0 Å². The monoisotopic (exact) mass is 410 g/mol. The number of amides is 1. The molecule has 3 N–H and O–H groups in total. The number of hydrogen-bond donors (Lipinski definition) is 3. The minimum Gasteiger partial charge on any atom is -0.356 e. The summed E-state index contributed by atoms with van der Waals surface area (Å²) in [4.78, 5) is 16.0. The van der Waals surface area contributed by atoms with Crippen LogP contribution in [0.15, 0.2) is 4.99 Å². The molecular formula is C15H31IN4O. The molecule has 0 saturated heterocycles. The molecule has 0 heterocycles. The summed E-state index contributed by atoms with van der Waals surface area (Å²) < 4.78 is 0. The first-order chi connectivity index (χ1) is 9.65. The second kappa shape index (κ2) is 12.1. The summed E-state index contributed by atoms with van der Waals surface area (Å²) >= 11 is 0. The molecule has 5 nitrogen and oxygen atoms in total. The SMILES string of the molecule is CCC(C)NC(=NC)NCCC(=O)NC1CCCCC1.I. The molecular weight excluding hydrogens is 379 g/mol. The first-order valence-corrected chi connectivity index (χ1v) is 7.92. The van der Waals surface area contributed by atoms with E-state index >= 15 is 0 Å². The highest BCUT2D eigenvalue weighted by Gasteiger charge is 2.15. The lowest BCUT2D eigenvalue weighted by molar-refractivity contribution is -0.121. The van der Waals surface area contributed by atoms with Crippen molar-refractivity contribution in [2.45, 2.75) is 70.9 Å². The molecule has 21 heavy (non-hydrogen) atoms. The summed E-state index contributed by atoms with van der Waals surface area (Å²) in [6.45, 7) is 4.86. The molecule has 124 valence electrons. The molecule has 0 spiro atoms. The fourth-order valence-electron chi connectivity index (χ4n) is 2.37. The number of nitrogens with one attached hydrogen (secondary N) is 3. The van der Waals surface area contributed by atoms with E-state index in [2.05, 4.69) is 34.8 Å². The lowest BCUT2D eigenvalue weighted by Crippen LogP contribution is -2.44. The van der Waals surface area contributed by atoms with Crippen molar-refractivity contribution >= 4 is 35.8 Å². The van der Waals surface area contributed by atoms with E-state index in [-0.39, 0.29) is 29.9 Å². The van der Waals surface area contributed by atoms with Crippen LogP contribution in [0.4, 0.5) is 0 Å². The van der Waals surface area contributed by atoms with E-state index in [0.717, 1.165) is 25.2 Å². The predicted molar refractivity (Wildman–Crippen MR) is 99.3 cm³/mol. The van der Waals surface area contributed by atoms with Crippen molar-refractivity contribution in [2.75, 3.05) is 13.6 Å².